The van der Waals surface area contributed by atoms with E-state index < -0.39 is 0 Å². The molecular formula is C11H23N3OS. The molecule has 94 valence electrons. The lowest BCUT2D eigenvalue weighted by Gasteiger charge is -2.32. The fourth-order valence-corrected chi connectivity index (χ4v) is 2.13. The van der Waals surface area contributed by atoms with Crippen LogP contribution in [0.4, 0.5) is 0 Å². The van der Waals surface area contributed by atoms with Crippen molar-refractivity contribution in [1.29, 1.82) is 0 Å². The van der Waals surface area contributed by atoms with Crippen LogP contribution in [0.5, 0.6) is 0 Å². The average molecular weight is 245 g/mol. The second-order valence-electron chi connectivity index (χ2n) is 4.26. The predicted molar refractivity (Wildman–Crippen MR) is 70.7 cm³/mol. The van der Waals surface area contributed by atoms with E-state index in [1.807, 2.05) is 0 Å². The summed E-state index contributed by atoms with van der Waals surface area (Å²) in [5, 5.41) is 7.11. The molecule has 0 saturated carbocycles. The lowest BCUT2D eigenvalue weighted by molar-refractivity contribution is 0.186. The second-order valence-corrected chi connectivity index (χ2v) is 4.67. The van der Waals surface area contributed by atoms with E-state index in [2.05, 4.69) is 22.6 Å². The van der Waals surface area contributed by atoms with Gasteiger partial charge in [0.1, 0.15) is 0 Å². The van der Waals surface area contributed by atoms with E-state index in [1.165, 1.54) is 25.8 Å². The van der Waals surface area contributed by atoms with Gasteiger partial charge in [-0.25, -0.2) is 0 Å². The Morgan fingerprint density at radius 3 is 2.94 bits per heavy atom. The Balaban J connectivity index is 2.10. The largest absolute Gasteiger partial charge is 0.383 e. The minimum Gasteiger partial charge on any atom is -0.383 e. The minimum absolute atomic E-state index is 0.621. The van der Waals surface area contributed by atoms with Crippen LogP contribution in [-0.2, 0) is 4.74 Å². The molecular weight excluding hydrogens is 222 g/mol. The molecule has 0 bridgehead atoms. The number of thiocarbonyl (C=S) groups is 1. The Kier molecular flexibility index (Phi) is 6.68. The number of hydrogen-bond donors (Lipinski definition) is 2. The quantitative estimate of drug-likeness (QED) is 0.547. The molecule has 2 N–H and O–H groups in total. The molecule has 1 aliphatic heterocycles. The number of rotatable bonds is 5. The molecule has 0 radical (unpaired) electrons. The van der Waals surface area contributed by atoms with E-state index in [4.69, 9.17) is 17.0 Å². The first-order valence-electron chi connectivity index (χ1n) is 5.95. The summed E-state index contributed by atoms with van der Waals surface area (Å²) < 4.78 is 4.95. The van der Waals surface area contributed by atoms with Crippen LogP contribution in [0.15, 0.2) is 0 Å². The van der Waals surface area contributed by atoms with Crippen molar-refractivity contribution in [2.75, 3.05) is 40.4 Å². The number of methoxy groups -OCH3 is 1. The summed E-state index contributed by atoms with van der Waals surface area (Å²) in [6.45, 7) is 3.60. The molecule has 0 spiro atoms. The summed E-state index contributed by atoms with van der Waals surface area (Å²) in [6, 6.07) is 0.621. The van der Waals surface area contributed by atoms with Crippen molar-refractivity contribution in [3.8, 4) is 0 Å². The topological polar surface area (TPSA) is 36.5 Å². The van der Waals surface area contributed by atoms with Crippen LogP contribution in [0.1, 0.15) is 19.3 Å². The maximum absolute atomic E-state index is 5.18. The van der Waals surface area contributed by atoms with Gasteiger partial charge in [0.05, 0.1) is 6.61 Å². The first-order chi connectivity index (χ1) is 7.74. The lowest BCUT2D eigenvalue weighted by Crippen LogP contribution is -2.47. The van der Waals surface area contributed by atoms with Gasteiger partial charge < -0.3 is 20.3 Å². The summed E-state index contributed by atoms with van der Waals surface area (Å²) in [7, 11) is 3.88. The number of hydrogen-bond acceptors (Lipinski definition) is 3. The summed E-state index contributed by atoms with van der Waals surface area (Å²) in [5.41, 5.74) is 0. The van der Waals surface area contributed by atoms with Gasteiger partial charge in [-0.1, -0.05) is 6.42 Å². The molecule has 1 fully saturated rings. The van der Waals surface area contributed by atoms with E-state index in [0.717, 1.165) is 18.2 Å². The van der Waals surface area contributed by atoms with Crippen LogP contribution in [0.2, 0.25) is 0 Å². The van der Waals surface area contributed by atoms with Gasteiger partial charge >= 0.3 is 0 Å². The van der Waals surface area contributed by atoms with Crippen LogP contribution in [0.3, 0.4) is 0 Å². The highest BCUT2D eigenvalue weighted by atomic mass is 32.1. The fraction of sp³-hybridized carbons (Fsp3) is 0.909. The van der Waals surface area contributed by atoms with E-state index in [-0.39, 0.29) is 0 Å². The van der Waals surface area contributed by atoms with E-state index in [0.29, 0.717) is 12.6 Å². The smallest absolute Gasteiger partial charge is 0.166 e. The van der Waals surface area contributed by atoms with Gasteiger partial charge in [0.15, 0.2) is 5.11 Å². The molecule has 0 aromatic carbocycles. The van der Waals surface area contributed by atoms with Crippen LogP contribution >= 0.6 is 12.2 Å². The minimum atomic E-state index is 0.621. The van der Waals surface area contributed by atoms with E-state index >= 15 is 0 Å². The Morgan fingerprint density at radius 2 is 2.25 bits per heavy atom. The molecule has 0 aliphatic carbocycles. The second kappa shape index (κ2) is 7.81. The summed E-state index contributed by atoms with van der Waals surface area (Å²) in [5.74, 6) is 0. The van der Waals surface area contributed by atoms with Crippen molar-refractivity contribution in [1.82, 2.24) is 15.5 Å². The van der Waals surface area contributed by atoms with Crippen LogP contribution in [0.25, 0.3) is 0 Å². The first kappa shape index (κ1) is 13.7. The number of nitrogens with zero attached hydrogens (tertiary/aromatic N) is 1. The zero-order chi connectivity index (χ0) is 11.8. The highest BCUT2D eigenvalue weighted by Crippen LogP contribution is 2.13. The predicted octanol–water partition coefficient (Wildman–Crippen LogP) is 0.581. The highest BCUT2D eigenvalue weighted by Gasteiger charge is 2.18. The van der Waals surface area contributed by atoms with Gasteiger partial charge in [-0.2, -0.15) is 0 Å². The average Bonchev–Trinajstić information content (AvgIpc) is 2.28. The highest BCUT2D eigenvalue weighted by molar-refractivity contribution is 7.80. The van der Waals surface area contributed by atoms with Gasteiger partial charge in [0, 0.05) is 26.2 Å². The molecule has 1 atom stereocenters. The molecule has 1 aliphatic rings. The lowest BCUT2D eigenvalue weighted by atomic mass is 10.0. The monoisotopic (exact) mass is 245 g/mol. The summed E-state index contributed by atoms with van der Waals surface area (Å²) in [6.07, 6.45) is 3.92. The van der Waals surface area contributed by atoms with Gasteiger partial charge in [-0.3, -0.25) is 0 Å². The normalized spacial score (nSPS) is 21.8. The van der Waals surface area contributed by atoms with Crippen molar-refractivity contribution in [2.45, 2.75) is 25.3 Å². The molecule has 5 heteroatoms. The number of nitrogens with one attached hydrogen (secondary N) is 2. The zero-order valence-corrected chi connectivity index (χ0v) is 11.1. The number of ether oxygens (including phenoxy) is 1. The van der Waals surface area contributed by atoms with Crippen molar-refractivity contribution in [3.63, 3.8) is 0 Å². The third-order valence-corrected chi connectivity index (χ3v) is 3.30. The van der Waals surface area contributed by atoms with Crippen LogP contribution < -0.4 is 10.6 Å². The summed E-state index contributed by atoms with van der Waals surface area (Å²) >= 11 is 5.18. The van der Waals surface area contributed by atoms with Crippen LogP contribution in [0, 0.1) is 0 Å². The molecule has 1 saturated heterocycles. The van der Waals surface area contributed by atoms with Crippen molar-refractivity contribution >= 4 is 17.3 Å². The fourth-order valence-electron chi connectivity index (χ4n) is 1.94. The number of likely N-dealkylation sites (N-methyl/N-ethyl adjacent to an activating group) is 1. The SMILES string of the molecule is COCCNC(=S)NCC1CCCCN1C. The molecule has 0 aromatic heterocycles. The Hall–Kier alpha value is -0.390. The Morgan fingerprint density at radius 1 is 1.44 bits per heavy atom. The van der Waals surface area contributed by atoms with Gasteiger partial charge in [-0.05, 0) is 38.7 Å². The Bertz CT molecular complexity index is 213. The third-order valence-electron chi connectivity index (χ3n) is 3.01. The third kappa shape index (κ3) is 5.09. The molecule has 1 unspecified atom stereocenters. The maximum Gasteiger partial charge on any atom is 0.166 e. The standard InChI is InChI=1S/C11H23N3OS/c1-14-7-4-3-5-10(14)9-13-11(16)12-6-8-15-2/h10H,3-9H2,1-2H3,(H2,12,13,16). The molecule has 0 aromatic rings. The molecule has 0 amide bonds. The molecule has 4 nitrogen and oxygen atoms in total. The van der Waals surface area contributed by atoms with E-state index in [1.54, 1.807) is 7.11 Å². The van der Waals surface area contributed by atoms with Crippen molar-refractivity contribution in [3.05, 3.63) is 0 Å². The van der Waals surface area contributed by atoms with Gasteiger partial charge in [-0.15, -0.1) is 0 Å². The molecule has 16 heavy (non-hydrogen) atoms. The number of piperidine rings is 1. The van der Waals surface area contributed by atoms with Crippen molar-refractivity contribution in [2.24, 2.45) is 0 Å². The van der Waals surface area contributed by atoms with Crippen molar-refractivity contribution < 1.29 is 4.74 Å². The van der Waals surface area contributed by atoms with Gasteiger partial charge in [0.2, 0.25) is 0 Å². The zero-order valence-electron chi connectivity index (χ0n) is 10.3. The Labute approximate surface area is 104 Å². The number of likely N-dealkylation sites (tertiary alicyclic amines) is 1. The van der Waals surface area contributed by atoms with E-state index in [9.17, 15) is 0 Å². The van der Waals surface area contributed by atoms with Crippen LogP contribution in [-0.4, -0.2) is 56.5 Å². The molecule has 1 heterocycles. The molecule has 1 rings (SSSR count). The maximum atomic E-state index is 5.18. The first-order valence-corrected chi connectivity index (χ1v) is 6.35. The van der Waals surface area contributed by atoms with Gasteiger partial charge in [0.25, 0.3) is 0 Å². The summed E-state index contributed by atoms with van der Waals surface area (Å²) in [4.78, 5) is 2.41.